The summed E-state index contributed by atoms with van der Waals surface area (Å²) in [6, 6.07) is -0.312. The zero-order valence-electron chi connectivity index (χ0n) is 15.2. The molecule has 1 unspecified atom stereocenters. The van der Waals surface area contributed by atoms with Crippen molar-refractivity contribution in [1.29, 1.82) is 0 Å². The van der Waals surface area contributed by atoms with Gasteiger partial charge in [0.1, 0.15) is 11.6 Å². The number of rotatable bonds is 1. The highest BCUT2D eigenvalue weighted by Gasteiger charge is 2.38. The normalized spacial score (nSPS) is 22.9. The maximum Gasteiger partial charge on any atom is 0.410 e. The third-order valence-corrected chi connectivity index (χ3v) is 4.27. The van der Waals surface area contributed by atoms with Gasteiger partial charge >= 0.3 is 6.09 Å². The Morgan fingerprint density at radius 3 is 2.33 bits per heavy atom. The van der Waals surface area contributed by atoms with Crippen LogP contribution < -0.4 is 5.32 Å². The molecule has 0 spiro atoms. The van der Waals surface area contributed by atoms with Gasteiger partial charge in [0.15, 0.2) is 0 Å². The Morgan fingerprint density at radius 1 is 1.12 bits per heavy atom. The minimum absolute atomic E-state index is 0.0980. The number of hydrogen-bond donors (Lipinski definition) is 1. The number of amides is 2. The number of carbonyl (C=O) groups excluding carboxylic acids is 2. The summed E-state index contributed by atoms with van der Waals surface area (Å²) in [5, 5.41) is 3.04. The standard InChI is InChI=1S/C14H24N2O3.C4H7N/c1-14(2,3)19-13(18)16-10-6-7-11(16)12(17)15-8-4-5-9-15;1-2-4-5-3-1/h11H,4-10H2,1-3H3;1,3,5H,2,4H2. The minimum atomic E-state index is -0.513. The second kappa shape index (κ2) is 8.40. The monoisotopic (exact) mass is 337 g/mol. The topological polar surface area (TPSA) is 61.9 Å². The summed E-state index contributed by atoms with van der Waals surface area (Å²) in [5.74, 6) is 0.0980. The maximum atomic E-state index is 12.4. The average Bonchev–Trinajstić information content (AvgIpc) is 3.27. The number of nitrogens with one attached hydrogen (secondary N) is 1. The van der Waals surface area contributed by atoms with Crippen molar-refractivity contribution in [3.63, 3.8) is 0 Å². The first kappa shape index (κ1) is 18.6. The van der Waals surface area contributed by atoms with Crippen LogP contribution in [-0.2, 0) is 9.53 Å². The molecular weight excluding hydrogens is 306 g/mol. The second-order valence-electron chi connectivity index (χ2n) is 7.51. The molecule has 6 nitrogen and oxygen atoms in total. The fraction of sp³-hybridized carbons (Fsp3) is 0.778. The summed E-state index contributed by atoms with van der Waals surface area (Å²) in [6.07, 6.45) is 8.75. The van der Waals surface area contributed by atoms with Crippen molar-refractivity contribution >= 4 is 12.0 Å². The molecule has 3 aliphatic heterocycles. The van der Waals surface area contributed by atoms with Crippen LogP contribution in [0.15, 0.2) is 12.3 Å². The van der Waals surface area contributed by atoms with Crippen molar-refractivity contribution in [3.05, 3.63) is 12.3 Å². The zero-order valence-corrected chi connectivity index (χ0v) is 15.2. The Balaban J connectivity index is 0.000000355. The van der Waals surface area contributed by atoms with Gasteiger partial charge in [-0.05, 0) is 59.1 Å². The first-order valence-electron chi connectivity index (χ1n) is 9.05. The van der Waals surface area contributed by atoms with Gasteiger partial charge in [0.2, 0.25) is 5.91 Å². The highest BCUT2D eigenvalue weighted by atomic mass is 16.6. The van der Waals surface area contributed by atoms with E-state index in [1.54, 1.807) is 4.90 Å². The van der Waals surface area contributed by atoms with Gasteiger partial charge in [-0.2, -0.15) is 0 Å². The lowest BCUT2D eigenvalue weighted by Gasteiger charge is -2.30. The average molecular weight is 337 g/mol. The molecule has 0 saturated carbocycles. The molecule has 3 rings (SSSR count). The molecule has 1 atom stereocenters. The van der Waals surface area contributed by atoms with Crippen LogP contribution in [0.2, 0.25) is 0 Å². The van der Waals surface area contributed by atoms with Crippen LogP contribution in [0, 0.1) is 0 Å². The van der Waals surface area contributed by atoms with Crippen LogP contribution in [0.3, 0.4) is 0 Å². The van der Waals surface area contributed by atoms with E-state index in [0.29, 0.717) is 6.54 Å². The number of likely N-dealkylation sites (tertiary alicyclic amines) is 2. The van der Waals surface area contributed by atoms with Crippen LogP contribution in [-0.4, -0.2) is 59.6 Å². The second-order valence-corrected chi connectivity index (χ2v) is 7.51. The van der Waals surface area contributed by atoms with Gasteiger partial charge in [0, 0.05) is 26.2 Å². The van der Waals surface area contributed by atoms with E-state index in [1.165, 1.54) is 6.42 Å². The molecule has 2 saturated heterocycles. The summed E-state index contributed by atoms with van der Waals surface area (Å²) in [5.41, 5.74) is -0.513. The SMILES string of the molecule is C1=CNCC1.CC(C)(C)OC(=O)N1CCCC1C(=O)N1CCCC1. The van der Waals surface area contributed by atoms with Gasteiger partial charge in [-0.1, -0.05) is 6.08 Å². The van der Waals surface area contributed by atoms with Crippen LogP contribution in [0.5, 0.6) is 0 Å². The van der Waals surface area contributed by atoms with E-state index >= 15 is 0 Å². The molecule has 3 heterocycles. The van der Waals surface area contributed by atoms with Crippen molar-refractivity contribution in [2.75, 3.05) is 26.2 Å². The number of nitrogens with zero attached hydrogens (tertiary/aromatic N) is 2. The van der Waals surface area contributed by atoms with Crippen molar-refractivity contribution in [1.82, 2.24) is 15.1 Å². The predicted molar refractivity (Wildman–Crippen MR) is 93.5 cm³/mol. The summed E-state index contributed by atoms with van der Waals surface area (Å²) < 4.78 is 5.38. The lowest BCUT2D eigenvalue weighted by molar-refractivity contribution is -0.134. The van der Waals surface area contributed by atoms with Gasteiger partial charge < -0.3 is 15.0 Å². The molecule has 0 aromatic heterocycles. The summed E-state index contributed by atoms with van der Waals surface area (Å²) in [6.45, 7) is 8.96. The molecule has 1 N–H and O–H groups in total. The predicted octanol–water partition coefficient (Wildman–Crippen LogP) is 2.50. The molecule has 0 radical (unpaired) electrons. The molecule has 2 amide bonds. The smallest absolute Gasteiger partial charge is 0.410 e. The van der Waals surface area contributed by atoms with E-state index < -0.39 is 5.60 Å². The largest absolute Gasteiger partial charge is 0.444 e. The lowest BCUT2D eigenvalue weighted by atomic mass is 10.2. The van der Waals surface area contributed by atoms with Gasteiger partial charge in [0.05, 0.1) is 0 Å². The fourth-order valence-corrected chi connectivity index (χ4v) is 3.13. The van der Waals surface area contributed by atoms with Gasteiger partial charge in [-0.3, -0.25) is 9.69 Å². The minimum Gasteiger partial charge on any atom is -0.444 e. The third-order valence-electron chi connectivity index (χ3n) is 4.27. The summed E-state index contributed by atoms with van der Waals surface area (Å²) in [7, 11) is 0. The highest BCUT2D eigenvalue weighted by molar-refractivity contribution is 5.86. The quantitative estimate of drug-likeness (QED) is 0.798. The first-order chi connectivity index (χ1) is 11.4. The molecule has 2 fully saturated rings. The zero-order chi connectivity index (χ0) is 17.6. The molecule has 0 bridgehead atoms. The van der Waals surface area contributed by atoms with Crippen molar-refractivity contribution in [2.24, 2.45) is 0 Å². The number of ether oxygens (including phenoxy) is 1. The summed E-state index contributed by atoms with van der Waals surface area (Å²) in [4.78, 5) is 28.0. The van der Waals surface area contributed by atoms with E-state index in [0.717, 1.165) is 45.3 Å². The Bertz CT molecular complexity index is 459. The molecule has 24 heavy (non-hydrogen) atoms. The molecule has 0 aliphatic carbocycles. The van der Waals surface area contributed by atoms with Crippen molar-refractivity contribution in [3.8, 4) is 0 Å². The van der Waals surface area contributed by atoms with E-state index in [4.69, 9.17) is 4.74 Å². The van der Waals surface area contributed by atoms with Crippen LogP contribution in [0.1, 0.15) is 52.9 Å². The van der Waals surface area contributed by atoms with E-state index in [1.807, 2.05) is 31.9 Å². The van der Waals surface area contributed by atoms with Crippen LogP contribution in [0.4, 0.5) is 4.79 Å². The third kappa shape index (κ3) is 5.42. The van der Waals surface area contributed by atoms with Crippen molar-refractivity contribution in [2.45, 2.75) is 64.5 Å². The lowest BCUT2D eigenvalue weighted by Crippen LogP contribution is -2.48. The van der Waals surface area contributed by atoms with Gasteiger partial charge in [0.25, 0.3) is 0 Å². The molecule has 0 aromatic carbocycles. The van der Waals surface area contributed by atoms with Crippen LogP contribution in [0.25, 0.3) is 0 Å². The Hall–Kier alpha value is -1.72. The van der Waals surface area contributed by atoms with E-state index in [2.05, 4.69) is 11.4 Å². The maximum absolute atomic E-state index is 12.4. The Kier molecular flexibility index (Phi) is 6.52. The molecule has 6 heteroatoms. The number of hydrogen-bond acceptors (Lipinski definition) is 4. The number of carbonyl (C=O) groups is 2. The van der Waals surface area contributed by atoms with E-state index in [9.17, 15) is 9.59 Å². The van der Waals surface area contributed by atoms with Gasteiger partial charge in [-0.25, -0.2) is 4.79 Å². The molecule has 0 aromatic rings. The van der Waals surface area contributed by atoms with Crippen LogP contribution >= 0.6 is 0 Å². The fourth-order valence-electron chi connectivity index (χ4n) is 3.13. The Labute approximate surface area is 145 Å². The highest BCUT2D eigenvalue weighted by Crippen LogP contribution is 2.23. The molecule has 3 aliphatic rings. The van der Waals surface area contributed by atoms with Gasteiger partial charge in [-0.15, -0.1) is 0 Å². The summed E-state index contributed by atoms with van der Waals surface area (Å²) >= 11 is 0. The van der Waals surface area contributed by atoms with Crippen molar-refractivity contribution < 1.29 is 14.3 Å². The molecular formula is C18H31N3O3. The molecule has 136 valence electrons. The van der Waals surface area contributed by atoms with E-state index in [-0.39, 0.29) is 18.0 Å². The first-order valence-corrected chi connectivity index (χ1v) is 9.05. The Morgan fingerprint density at radius 2 is 1.83 bits per heavy atom.